The number of nitrogens with zero attached hydrogens (tertiary/aromatic N) is 1. The second-order valence-corrected chi connectivity index (χ2v) is 6.93. The molecule has 0 bridgehead atoms. The number of carbonyl (C=O) groups excluding carboxylic acids is 1. The van der Waals surface area contributed by atoms with Crippen LogP contribution in [0.25, 0.3) is 0 Å². The van der Waals surface area contributed by atoms with Gasteiger partial charge in [0.05, 0.1) is 18.6 Å². The predicted molar refractivity (Wildman–Crippen MR) is 92.5 cm³/mol. The summed E-state index contributed by atoms with van der Waals surface area (Å²) in [6, 6.07) is 15.4. The topological polar surface area (TPSA) is 38.8 Å². The summed E-state index contributed by atoms with van der Waals surface area (Å²) in [6.45, 7) is 4.91. The van der Waals surface area contributed by atoms with Crippen LogP contribution in [0.2, 0.25) is 5.02 Å². The molecule has 2 aromatic rings. The molecule has 0 saturated carbocycles. The van der Waals surface area contributed by atoms with E-state index >= 15 is 0 Å². The van der Waals surface area contributed by atoms with E-state index in [0.29, 0.717) is 30.5 Å². The molecule has 0 unspecified atom stereocenters. The number of rotatable bonds is 5. The first-order valence-electron chi connectivity index (χ1n) is 7.86. The van der Waals surface area contributed by atoms with Gasteiger partial charge in [0.2, 0.25) is 0 Å². The standard InChI is InChI=1S/C19H20ClNO3/c1-19(2)13-24-21(18(19)22)11-15-10-16(8-9-17(15)20)23-12-14-6-4-3-5-7-14/h3-10H,11-13H2,1-2H3. The zero-order valence-corrected chi connectivity index (χ0v) is 14.5. The van der Waals surface area contributed by atoms with E-state index in [0.717, 1.165) is 11.1 Å². The molecule has 1 fully saturated rings. The van der Waals surface area contributed by atoms with Crippen molar-refractivity contribution >= 4 is 17.5 Å². The second kappa shape index (κ2) is 6.83. The number of amides is 1. The Morgan fingerprint density at radius 2 is 1.96 bits per heavy atom. The fourth-order valence-corrected chi connectivity index (χ4v) is 2.65. The van der Waals surface area contributed by atoms with E-state index in [1.165, 1.54) is 5.06 Å². The Hall–Kier alpha value is -2.04. The van der Waals surface area contributed by atoms with Crippen molar-refractivity contribution in [2.75, 3.05) is 6.61 Å². The lowest BCUT2D eigenvalue weighted by Crippen LogP contribution is -2.30. The summed E-state index contributed by atoms with van der Waals surface area (Å²) in [5.74, 6) is 0.679. The second-order valence-electron chi connectivity index (χ2n) is 6.53. The number of ether oxygens (including phenoxy) is 1. The molecule has 0 spiro atoms. The molecule has 126 valence electrons. The van der Waals surface area contributed by atoms with Gasteiger partial charge in [0.15, 0.2) is 0 Å². The molecule has 1 aliphatic rings. The maximum absolute atomic E-state index is 12.3. The van der Waals surface area contributed by atoms with E-state index in [2.05, 4.69) is 0 Å². The van der Waals surface area contributed by atoms with Gasteiger partial charge >= 0.3 is 0 Å². The Labute approximate surface area is 146 Å². The Balaban J connectivity index is 1.69. The van der Waals surface area contributed by atoms with Gasteiger partial charge in [-0.1, -0.05) is 41.9 Å². The highest BCUT2D eigenvalue weighted by Crippen LogP contribution is 2.30. The molecule has 4 nitrogen and oxygen atoms in total. The molecule has 0 aliphatic carbocycles. The van der Waals surface area contributed by atoms with Gasteiger partial charge in [0, 0.05) is 5.02 Å². The number of halogens is 1. The average Bonchev–Trinajstić information content (AvgIpc) is 2.83. The third kappa shape index (κ3) is 3.71. The normalized spacial score (nSPS) is 16.5. The summed E-state index contributed by atoms with van der Waals surface area (Å²) in [4.78, 5) is 17.8. The summed E-state index contributed by atoms with van der Waals surface area (Å²) in [6.07, 6.45) is 0. The molecule has 0 atom stereocenters. The van der Waals surface area contributed by atoms with Gasteiger partial charge < -0.3 is 4.74 Å². The molecule has 1 saturated heterocycles. The minimum atomic E-state index is -0.492. The number of hydroxylamine groups is 2. The zero-order chi connectivity index (χ0) is 17.2. The van der Waals surface area contributed by atoms with Gasteiger partial charge in [-0.15, -0.1) is 0 Å². The van der Waals surface area contributed by atoms with Crippen LogP contribution in [0.3, 0.4) is 0 Å². The van der Waals surface area contributed by atoms with Crippen molar-refractivity contribution in [2.45, 2.75) is 27.0 Å². The Bertz CT molecular complexity index is 731. The molecule has 2 aromatic carbocycles. The number of carbonyl (C=O) groups is 1. The molecule has 24 heavy (non-hydrogen) atoms. The van der Waals surface area contributed by atoms with Crippen LogP contribution < -0.4 is 4.74 Å². The summed E-state index contributed by atoms with van der Waals surface area (Å²) >= 11 is 6.26. The van der Waals surface area contributed by atoms with Crippen molar-refractivity contribution < 1.29 is 14.4 Å². The smallest absolute Gasteiger partial charge is 0.254 e. The van der Waals surface area contributed by atoms with Crippen molar-refractivity contribution in [3.8, 4) is 5.75 Å². The van der Waals surface area contributed by atoms with Crippen LogP contribution in [-0.4, -0.2) is 17.6 Å². The van der Waals surface area contributed by atoms with Crippen LogP contribution in [0, 0.1) is 5.41 Å². The number of benzene rings is 2. The summed E-state index contributed by atoms with van der Waals surface area (Å²) in [5, 5.41) is 1.96. The minimum absolute atomic E-state index is 0.0332. The summed E-state index contributed by atoms with van der Waals surface area (Å²) in [7, 11) is 0. The monoisotopic (exact) mass is 345 g/mol. The van der Waals surface area contributed by atoms with Gasteiger partial charge in [0.1, 0.15) is 12.4 Å². The molecule has 1 aliphatic heterocycles. The highest BCUT2D eigenvalue weighted by molar-refractivity contribution is 6.31. The fourth-order valence-electron chi connectivity index (χ4n) is 2.47. The largest absolute Gasteiger partial charge is 0.489 e. The highest BCUT2D eigenvalue weighted by Gasteiger charge is 2.40. The van der Waals surface area contributed by atoms with Crippen molar-refractivity contribution in [3.63, 3.8) is 0 Å². The van der Waals surface area contributed by atoms with E-state index in [1.807, 2.05) is 56.3 Å². The van der Waals surface area contributed by atoms with Gasteiger partial charge in [-0.25, -0.2) is 5.06 Å². The van der Waals surface area contributed by atoms with Crippen molar-refractivity contribution in [3.05, 3.63) is 64.7 Å². The van der Waals surface area contributed by atoms with Gasteiger partial charge in [0.25, 0.3) is 5.91 Å². The maximum Gasteiger partial charge on any atom is 0.254 e. The SMILES string of the molecule is CC1(C)CON(Cc2cc(OCc3ccccc3)ccc2Cl)C1=O. The van der Waals surface area contributed by atoms with Crippen LogP contribution in [-0.2, 0) is 22.8 Å². The zero-order valence-electron chi connectivity index (χ0n) is 13.8. The van der Waals surface area contributed by atoms with Crippen LogP contribution in [0.15, 0.2) is 48.5 Å². The maximum atomic E-state index is 12.3. The van der Waals surface area contributed by atoms with Crippen molar-refractivity contribution in [2.24, 2.45) is 5.41 Å². The molecule has 1 amide bonds. The van der Waals surface area contributed by atoms with Gasteiger partial charge in [-0.3, -0.25) is 9.63 Å². The summed E-state index contributed by atoms with van der Waals surface area (Å²) in [5.41, 5.74) is 1.40. The Kier molecular flexibility index (Phi) is 4.78. The summed E-state index contributed by atoms with van der Waals surface area (Å²) < 4.78 is 5.82. The van der Waals surface area contributed by atoms with Crippen LogP contribution in [0.1, 0.15) is 25.0 Å². The first-order chi connectivity index (χ1) is 11.5. The van der Waals surface area contributed by atoms with E-state index in [1.54, 1.807) is 6.07 Å². The molecular formula is C19H20ClNO3. The molecule has 3 rings (SSSR count). The Morgan fingerprint density at radius 1 is 1.21 bits per heavy atom. The molecule has 0 radical (unpaired) electrons. The van der Waals surface area contributed by atoms with Crippen LogP contribution >= 0.6 is 11.6 Å². The number of hydrogen-bond acceptors (Lipinski definition) is 3. The minimum Gasteiger partial charge on any atom is -0.489 e. The fraction of sp³-hybridized carbons (Fsp3) is 0.316. The molecular weight excluding hydrogens is 326 g/mol. The lowest BCUT2D eigenvalue weighted by molar-refractivity contribution is -0.165. The van der Waals surface area contributed by atoms with E-state index < -0.39 is 5.41 Å². The lowest BCUT2D eigenvalue weighted by Gasteiger charge is -2.18. The van der Waals surface area contributed by atoms with Crippen LogP contribution in [0.4, 0.5) is 0 Å². The predicted octanol–water partition coefficient (Wildman–Crippen LogP) is 4.22. The number of hydrogen-bond donors (Lipinski definition) is 0. The quantitative estimate of drug-likeness (QED) is 0.814. The third-order valence-corrected chi connectivity index (χ3v) is 4.33. The van der Waals surface area contributed by atoms with E-state index in [9.17, 15) is 4.79 Å². The third-order valence-electron chi connectivity index (χ3n) is 3.97. The molecule has 1 heterocycles. The van der Waals surface area contributed by atoms with E-state index in [-0.39, 0.29) is 5.91 Å². The highest BCUT2D eigenvalue weighted by atomic mass is 35.5. The first-order valence-corrected chi connectivity index (χ1v) is 8.23. The lowest BCUT2D eigenvalue weighted by atomic mass is 9.95. The first kappa shape index (κ1) is 16.8. The van der Waals surface area contributed by atoms with Crippen molar-refractivity contribution in [1.82, 2.24) is 5.06 Å². The Morgan fingerprint density at radius 3 is 2.62 bits per heavy atom. The molecule has 0 N–H and O–H groups in total. The van der Waals surface area contributed by atoms with Gasteiger partial charge in [-0.05, 0) is 43.2 Å². The molecule has 5 heteroatoms. The molecule has 0 aromatic heterocycles. The average molecular weight is 346 g/mol. The van der Waals surface area contributed by atoms with E-state index in [4.69, 9.17) is 21.2 Å². The van der Waals surface area contributed by atoms with Gasteiger partial charge in [-0.2, -0.15) is 0 Å². The van der Waals surface area contributed by atoms with Crippen LogP contribution in [0.5, 0.6) is 5.75 Å². The van der Waals surface area contributed by atoms with Crippen molar-refractivity contribution in [1.29, 1.82) is 0 Å².